The lowest BCUT2D eigenvalue weighted by Crippen LogP contribution is -2.14. The SMILES string of the molecule is COCc1nc(NN)cc(NC(C)c2ccccc2Cl)n1. The van der Waals surface area contributed by atoms with Crippen molar-refractivity contribution in [3.63, 3.8) is 0 Å². The Morgan fingerprint density at radius 3 is 2.67 bits per heavy atom. The van der Waals surface area contributed by atoms with E-state index in [4.69, 9.17) is 22.2 Å². The van der Waals surface area contributed by atoms with Gasteiger partial charge in [0, 0.05) is 18.2 Å². The van der Waals surface area contributed by atoms with Gasteiger partial charge in [-0.3, -0.25) is 0 Å². The number of benzene rings is 1. The minimum absolute atomic E-state index is 0.00498. The molecule has 7 heteroatoms. The average molecular weight is 308 g/mol. The molecule has 1 atom stereocenters. The Balaban J connectivity index is 2.22. The van der Waals surface area contributed by atoms with E-state index >= 15 is 0 Å². The highest BCUT2D eigenvalue weighted by molar-refractivity contribution is 6.31. The van der Waals surface area contributed by atoms with Crippen LogP contribution in [0.2, 0.25) is 5.02 Å². The molecule has 0 spiro atoms. The first-order valence-corrected chi connectivity index (χ1v) is 6.86. The molecule has 112 valence electrons. The summed E-state index contributed by atoms with van der Waals surface area (Å²) < 4.78 is 5.05. The van der Waals surface area contributed by atoms with Crippen molar-refractivity contribution in [3.8, 4) is 0 Å². The summed E-state index contributed by atoms with van der Waals surface area (Å²) in [5.41, 5.74) is 3.51. The third kappa shape index (κ3) is 4.04. The third-order valence-electron chi connectivity index (χ3n) is 2.93. The summed E-state index contributed by atoms with van der Waals surface area (Å²) in [5.74, 6) is 7.13. The largest absolute Gasteiger partial charge is 0.377 e. The zero-order chi connectivity index (χ0) is 15.2. The Morgan fingerprint density at radius 1 is 1.29 bits per heavy atom. The Kier molecular flexibility index (Phi) is 5.32. The summed E-state index contributed by atoms with van der Waals surface area (Å²) in [6.45, 7) is 2.32. The lowest BCUT2D eigenvalue weighted by Gasteiger charge is -2.17. The van der Waals surface area contributed by atoms with Gasteiger partial charge in [-0.25, -0.2) is 15.8 Å². The molecule has 0 fully saturated rings. The summed E-state index contributed by atoms with van der Waals surface area (Å²) >= 11 is 6.20. The van der Waals surface area contributed by atoms with Crippen LogP contribution in [-0.4, -0.2) is 17.1 Å². The third-order valence-corrected chi connectivity index (χ3v) is 3.27. The van der Waals surface area contributed by atoms with Gasteiger partial charge in [0.15, 0.2) is 5.82 Å². The fourth-order valence-corrected chi connectivity index (χ4v) is 2.26. The first-order valence-electron chi connectivity index (χ1n) is 6.48. The van der Waals surface area contributed by atoms with Crippen molar-refractivity contribution in [1.82, 2.24) is 9.97 Å². The molecule has 0 saturated heterocycles. The second-order valence-electron chi connectivity index (χ2n) is 4.52. The van der Waals surface area contributed by atoms with E-state index in [9.17, 15) is 0 Å². The molecule has 0 radical (unpaired) electrons. The van der Waals surface area contributed by atoms with E-state index in [2.05, 4.69) is 20.7 Å². The van der Waals surface area contributed by atoms with Gasteiger partial charge < -0.3 is 15.5 Å². The predicted molar refractivity (Wildman–Crippen MR) is 84.0 cm³/mol. The molecule has 2 aromatic rings. The Morgan fingerprint density at radius 2 is 2.00 bits per heavy atom. The maximum Gasteiger partial charge on any atom is 0.158 e. The van der Waals surface area contributed by atoms with Gasteiger partial charge in [-0.15, -0.1) is 0 Å². The number of methoxy groups -OCH3 is 1. The van der Waals surface area contributed by atoms with Crippen LogP contribution in [0, 0.1) is 0 Å². The van der Waals surface area contributed by atoms with Gasteiger partial charge in [0.25, 0.3) is 0 Å². The van der Waals surface area contributed by atoms with Crippen molar-refractivity contribution in [3.05, 3.63) is 46.7 Å². The van der Waals surface area contributed by atoms with Crippen LogP contribution >= 0.6 is 11.6 Å². The number of nitrogen functional groups attached to an aromatic ring is 1. The highest BCUT2D eigenvalue weighted by Gasteiger charge is 2.11. The molecule has 1 heterocycles. The summed E-state index contributed by atoms with van der Waals surface area (Å²) in [7, 11) is 1.59. The van der Waals surface area contributed by atoms with Gasteiger partial charge in [-0.05, 0) is 18.6 Å². The highest BCUT2D eigenvalue weighted by Crippen LogP contribution is 2.25. The number of rotatable bonds is 6. The van der Waals surface area contributed by atoms with Crippen molar-refractivity contribution in [2.24, 2.45) is 5.84 Å². The number of nitrogens with one attached hydrogen (secondary N) is 2. The van der Waals surface area contributed by atoms with E-state index in [1.165, 1.54) is 0 Å². The summed E-state index contributed by atoms with van der Waals surface area (Å²) in [6.07, 6.45) is 0. The number of aromatic nitrogens is 2. The summed E-state index contributed by atoms with van der Waals surface area (Å²) in [6, 6.07) is 9.40. The molecule has 1 aromatic heterocycles. The maximum atomic E-state index is 6.20. The summed E-state index contributed by atoms with van der Waals surface area (Å²) in [4.78, 5) is 8.58. The first kappa shape index (κ1) is 15.5. The van der Waals surface area contributed by atoms with E-state index in [-0.39, 0.29) is 6.04 Å². The minimum Gasteiger partial charge on any atom is -0.377 e. The molecule has 4 N–H and O–H groups in total. The zero-order valence-electron chi connectivity index (χ0n) is 11.9. The molecule has 0 bridgehead atoms. The molecule has 1 unspecified atom stereocenters. The molecular weight excluding hydrogens is 290 g/mol. The van der Waals surface area contributed by atoms with E-state index in [1.807, 2.05) is 31.2 Å². The number of hydrazine groups is 1. The molecule has 0 aliphatic heterocycles. The normalized spacial score (nSPS) is 12.0. The molecule has 2 rings (SSSR count). The fraction of sp³-hybridized carbons (Fsp3) is 0.286. The van der Waals surface area contributed by atoms with Crippen LogP contribution in [-0.2, 0) is 11.3 Å². The molecule has 0 aliphatic carbocycles. The topological polar surface area (TPSA) is 85.1 Å². The van der Waals surface area contributed by atoms with Gasteiger partial charge >= 0.3 is 0 Å². The van der Waals surface area contributed by atoms with Crippen LogP contribution < -0.4 is 16.6 Å². The first-order chi connectivity index (χ1) is 10.1. The Bertz CT molecular complexity index is 608. The number of nitrogens with two attached hydrogens (primary N) is 1. The van der Waals surface area contributed by atoms with Gasteiger partial charge in [0.2, 0.25) is 0 Å². The minimum atomic E-state index is -0.00498. The van der Waals surface area contributed by atoms with Gasteiger partial charge in [-0.2, -0.15) is 0 Å². The number of hydrogen-bond donors (Lipinski definition) is 3. The van der Waals surface area contributed by atoms with Crippen LogP contribution in [0.5, 0.6) is 0 Å². The molecule has 1 aromatic carbocycles. The van der Waals surface area contributed by atoms with Crippen molar-refractivity contribution in [2.75, 3.05) is 17.9 Å². The average Bonchev–Trinajstić information content (AvgIpc) is 2.47. The van der Waals surface area contributed by atoms with Crippen molar-refractivity contribution in [1.29, 1.82) is 0 Å². The molecule has 21 heavy (non-hydrogen) atoms. The van der Waals surface area contributed by atoms with E-state index in [1.54, 1.807) is 13.2 Å². The van der Waals surface area contributed by atoms with E-state index < -0.39 is 0 Å². The number of ether oxygens (including phenoxy) is 1. The number of halogens is 1. The number of hydrogen-bond acceptors (Lipinski definition) is 6. The van der Waals surface area contributed by atoms with Crippen molar-refractivity contribution < 1.29 is 4.74 Å². The van der Waals surface area contributed by atoms with Crippen molar-refractivity contribution in [2.45, 2.75) is 19.6 Å². The second-order valence-corrected chi connectivity index (χ2v) is 4.93. The molecular formula is C14H18ClN5O. The van der Waals surface area contributed by atoms with Crippen LogP contribution in [0.3, 0.4) is 0 Å². The van der Waals surface area contributed by atoms with Crippen LogP contribution in [0.15, 0.2) is 30.3 Å². The molecule has 6 nitrogen and oxygen atoms in total. The zero-order valence-corrected chi connectivity index (χ0v) is 12.7. The molecule has 0 saturated carbocycles. The van der Waals surface area contributed by atoms with Gasteiger partial charge in [0.1, 0.15) is 18.2 Å². The van der Waals surface area contributed by atoms with E-state index in [0.29, 0.717) is 29.1 Å². The Hall–Kier alpha value is -1.89. The molecule has 0 aliphatic rings. The standard InChI is InChI=1S/C14H18ClN5O/c1-9(10-5-3-4-6-11(10)15)17-12-7-13(20-16)19-14(18-12)8-21-2/h3-7,9H,8,16H2,1-2H3,(H2,17,18,19,20). The van der Waals surface area contributed by atoms with Gasteiger partial charge in [-0.1, -0.05) is 29.8 Å². The Labute approximate surface area is 128 Å². The fourth-order valence-electron chi connectivity index (χ4n) is 1.96. The lowest BCUT2D eigenvalue weighted by atomic mass is 10.1. The highest BCUT2D eigenvalue weighted by atomic mass is 35.5. The van der Waals surface area contributed by atoms with Crippen molar-refractivity contribution >= 4 is 23.2 Å². The molecule has 0 amide bonds. The van der Waals surface area contributed by atoms with E-state index in [0.717, 1.165) is 5.56 Å². The monoisotopic (exact) mass is 307 g/mol. The van der Waals surface area contributed by atoms with Gasteiger partial charge in [0.05, 0.1) is 6.04 Å². The smallest absolute Gasteiger partial charge is 0.158 e. The van der Waals surface area contributed by atoms with Crippen LogP contribution in [0.25, 0.3) is 0 Å². The predicted octanol–water partition coefficient (Wildman–Crippen LogP) is 2.74. The van der Waals surface area contributed by atoms with Crippen LogP contribution in [0.4, 0.5) is 11.6 Å². The second kappa shape index (κ2) is 7.21. The quantitative estimate of drug-likeness (QED) is 0.562. The van der Waals surface area contributed by atoms with Crippen LogP contribution in [0.1, 0.15) is 24.4 Å². The maximum absolute atomic E-state index is 6.20. The lowest BCUT2D eigenvalue weighted by molar-refractivity contribution is 0.178. The number of nitrogens with zero attached hydrogens (tertiary/aromatic N) is 2. The summed E-state index contributed by atoms with van der Waals surface area (Å²) in [5, 5.41) is 3.99. The number of anilines is 2.